The molecular weight excluding hydrogens is 144 g/mol. The molecule has 2 nitrogen and oxygen atoms in total. The highest BCUT2D eigenvalue weighted by Crippen LogP contribution is 2.20. The van der Waals surface area contributed by atoms with Crippen molar-refractivity contribution in [3.8, 4) is 0 Å². The Kier molecular flexibility index (Phi) is 2.08. The van der Waals surface area contributed by atoms with Crippen molar-refractivity contribution in [3.63, 3.8) is 0 Å². The smallest absolute Gasteiger partial charge is 0.0599 e. The molecule has 10 heavy (non-hydrogen) atoms. The number of hydrogen-bond acceptors (Lipinski definition) is 3. The normalized spacial score (nSPS) is 16.7. The maximum absolute atomic E-state index is 5.87. The summed E-state index contributed by atoms with van der Waals surface area (Å²) in [6.07, 6.45) is 0. The van der Waals surface area contributed by atoms with Crippen LogP contribution in [0.15, 0.2) is 17.5 Å². The van der Waals surface area contributed by atoms with Crippen LogP contribution in [0.2, 0.25) is 0 Å². The van der Waals surface area contributed by atoms with E-state index in [4.69, 9.17) is 11.5 Å². The van der Waals surface area contributed by atoms with Gasteiger partial charge < -0.3 is 11.5 Å². The molecule has 0 fully saturated rings. The van der Waals surface area contributed by atoms with E-state index in [0.29, 0.717) is 6.54 Å². The summed E-state index contributed by atoms with van der Waals surface area (Å²) in [6.45, 7) is 2.44. The molecule has 0 amide bonds. The van der Waals surface area contributed by atoms with Crippen LogP contribution in [0.3, 0.4) is 0 Å². The molecule has 1 atom stereocenters. The Morgan fingerprint density at radius 1 is 1.70 bits per heavy atom. The second-order valence-electron chi connectivity index (χ2n) is 2.60. The van der Waals surface area contributed by atoms with Gasteiger partial charge in [-0.25, -0.2) is 0 Å². The fourth-order valence-corrected chi connectivity index (χ4v) is 1.52. The van der Waals surface area contributed by atoms with Crippen LogP contribution in [0.1, 0.15) is 11.8 Å². The molecule has 0 aliphatic rings. The van der Waals surface area contributed by atoms with Crippen LogP contribution in [-0.4, -0.2) is 6.54 Å². The molecule has 1 rings (SSSR count). The maximum Gasteiger partial charge on any atom is 0.0599 e. The van der Waals surface area contributed by atoms with Crippen molar-refractivity contribution in [3.05, 3.63) is 22.4 Å². The standard InChI is InChI=1S/C7H12N2S/c1-7(9,5-8)6-3-2-4-10-6/h2-4H,5,8-9H2,1H3. The third-order valence-electron chi connectivity index (χ3n) is 1.51. The zero-order valence-electron chi connectivity index (χ0n) is 6.00. The van der Waals surface area contributed by atoms with E-state index in [0.717, 1.165) is 4.88 Å². The minimum Gasteiger partial charge on any atom is -0.328 e. The number of thiophene rings is 1. The highest BCUT2D eigenvalue weighted by molar-refractivity contribution is 7.10. The molecule has 4 N–H and O–H groups in total. The highest BCUT2D eigenvalue weighted by atomic mass is 32.1. The molecule has 0 bridgehead atoms. The molecule has 0 saturated heterocycles. The second-order valence-corrected chi connectivity index (χ2v) is 3.55. The van der Waals surface area contributed by atoms with Crippen LogP contribution >= 0.6 is 11.3 Å². The van der Waals surface area contributed by atoms with Crippen molar-refractivity contribution < 1.29 is 0 Å². The Bertz CT molecular complexity index is 191. The lowest BCUT2D eigenvalue weighted by molar-refractivity contribution is 0.518. The fourth-order valence-electron chi connectivity index (χ4n) is 0.704. The van der Waals surface area contributed by atoms with E-state index in [-0.39, 0.29) is 5.54 Å². The van der Waals surface area contributed by atoms with E-state index in [1.54, 1.807) is 11.3 Å². The monoisotopic (exact) mass is 156 g/mol. The van der Waals surface area contributed by atoms with Gasteiger partial charge in [-0.15, -0.1) is 11.3 Å². The van der Waals surface area contributed by atoms with E-state index in [2.05, 4.69) is 0 Å². The van der Waals surface area contributed by atoms with Crippen molar-refractivity contribution in [2.45, 2.75) is 12.5 Å². The molecule has 3 heteroatoms. The predicted octanol–water partition coefficient (Wildman–Crippen LogP) is 0.881. The van der Waals surface area contributed by atoms with E-state index in [1.165, 1.54) is 0 Å². The number of nitrogens with two attached hydrogens (primary N) is 2. The Balaban J connectivity index is 2.85. The van der Waals surface area contributed by atoms with Gasteiger partial charge in [-0.05, 0) is 18.4 Å². The van der Waals surface area contributed by atoms with Crippen LogP contribution in [-0.2, 0) is 5.54 Å². The minimum absolute atomic E-state index is 0.339. The summed E-state index contributed by atoms with van der Waals surface area (Å²) in [4.78, 5) is 1.15. The van der Waals surface area contributed by atoms with Gasteiger partial charge >= 0.3 is 0 Å². The van der Waals surface area contributed by atoms with Gasteiger partial charge in [0.05, 0.1) is 5.54 Å². The Morgan fingerprint density at radius 2 is 2.40 bits per heavy atom. The van der Waals surface area contributed by atoms with Gasteiger partial charge in [-0.2, -0.15) is 0 Å². The van der Waals surface area contributed by atoms with Crippen LogP contribution in [0.4, 0.5) is 0 Å². The fraction of sp³-hybridized carbons (Fsp3) is 0.429. The van der Waals surface area contributed by atoms with Crippen LogP contribution < -0.4 is 11.5 Å². The summed E-state index contributed by atoms with van der Waals surface area (Å²) in [6, 6.07) is 4.00. The Labute approximate surface area is 64.8 Å². The number of rotatable bonds is 2. The van der Waals surface area contributed by atoms with Gasteiger partial charge in [-0.1, -0.05) is 6.07 Å². The van der Waals surface area contributed by atoms with Crippen LogP contribution in [0.25, 0.3) is 0 Å². The van der Waals surface area contributed by atoms with Gasteiger partial charge in [0.1, 0.15) is 0 Å². The van der Waals surface area contributed by atoms with Crippen molar-refractivity contribution >= 4 is 11.3 Å². The molecule has 1 unspecified atom stereocenters. The summed E-state index contributed by atoms with van der Waals surface area (Å²) in [5, 5.41) is 2.01. The summed E-state index contributed by atoms with van der Waals surface area (Å²) >= 11 is 1.65. The number of hydrogen-bond donors (Lipinski definition) is 2. The average Bonchev–Trinajstić information content (AvgIpc) is 2.38. The van der Waals surface area contributed by atoms with Crippen molar-refractivity contribution in [1.29, 1.82) is 0 Å². The molecule has 0 saturated carbocycles. The quantitative estimate of drug-likeness (QED) is 0.668. The topological polar surface area (TPSA) is 52.0 Å². The average molecular weight is 156 g/mol. The molecular formula is C7H12N2S. The first-order valence-corrected chi connectivity index (χ1v) is 4.08. The summed E-state index contributed by atoms with van der Waals surface area (Å²) in [5.74, 6) is 0. The highest BCUT2D eigenvalue weighted by Gasteiger charge is 2.19. The minimum atomic E-state index is -0.339. The molecule has 0 spiro atoms. The first-order chi connectivity index (χ1) is 4.67. The second kappa shape index (κ2) is 2.70. The van der Waals surface area contributed by atoms with Crippen molar-refractivity contribution in [2.75, 3.05) is 6.54 Å². The largest absolute Gasteiger partial charge is 0.328 e. The lowest BCUT2D eigenvalue weighted by atomic mass is 10.0. The third kappa shape index (κ3) is 1.37. The SMILES string of the molecule is CC(N)(CN)c1cccs1. The molecule has 0 aromatic carbocycles. The molecule has 1 heterocycles. The van der Waals surface area contributed by atoms with E-state index in [1.807, 2.05) is 24.4 Å². The van der Waals surface area contributed by atoms with Crippen LogP contribution in [0.5, 0.6) is 0 Å². The molecule has 0 aliphatic heterocycles. The summed E-state index contributed by atoms with van der Waals surface area (Å²) in [7, 11) is 0. The van der Waals surface area contributed by atoms with Gasteiger partial charge in [-0.3, -0.25) is 0 Å². The predicted molar refractivity (Wildman–Crippen MR) is 44.9 cm³/mol. The molecule has 56 valence electrons. The Hall–Kier alpha value is -0.380. The van der Waals surface area contributed by atoms with Crippen molar-refractivity contribution in [1.82, 2.24) is 0 Å². The zero-order valence-corrected chi connectivity index (χ0v) is 6.82. The first-order valence-electron chi connectivity index (χ1n) is 3.20. The zero-order chi connectivity index (χ0) is 7.61. The lowest BCUT2D eigenvalue weighted by Gasteiger charge is -2.19. The van der Waals surface area contributed by atoms with E-state index >= 15 is 0 Å². The first kappa shape index (κ1) is 7.72. The molecule has 0 radical (unpaired) electrons. The molecule has 0 aliphatic carbocycles. The van der Waals surface area contributed by atoms with E-state index < -0.39 is 0 Å². The van der Waals surface area contributed by atoms with Crippen LogP contribution in [0, 0.1) is 0 Å². The lowest BCUT2D eigenvalue weighted by Crippen LogP contribution is -2.39. The Morgan fingerprint density at radius 3 is 2.80 bits per heavy atom. The molecule has 1 aromatic heterocycles. The van der Waals surface area contributed by atoms with Gasteiger partial charge in [0.15, 0.2) is 0 Å². The summed E-state index contributed by atoms with van der Waals surface area (Å²) < 4.78 is 0. The van der Waals surface area contributed by atoms with E-state index in [9.17, 15) is 0 Å². The molecule has 1 aromatic rings. The maximum atomic E-state index is 5.87. The third-order valence-corrected chi connectivity index (χ3v) is 2.66. The van der Waals surface area contributed by atoms with Crippen molar-refractivity contribution in [2.24, 2.45) is 11.5 Å². The van der Waals surface area contributed by atoms with Gasteiger partial charge in [0, 0.05) is 11.4 Å². The summed E-state index contributed by atoms with van der Waals surface area (Å²) in [5.41, 5.74) is 11.0. The van der Waals surface area contributed by atoms with Gasteiger partial charge in [0.2, 0.25) is 0 Å². The van der Waals surface area contributed by atoms with Gasteiger partial charge in [0.25, 0.3) is 0 Å².